The van der Waals surface area contributed by atoms with Crippen LogP contribution in [0.3, 0.4) is 0 Å². The summed E-state index contributed by atoms with van der Waals surface area (Å²) in [7, 11) is 0. The Balaban J connectivity index is 1.27. The maximum Gasteiger partial charge on any atom is 0.223 e. The van der Waals surface area contributed by atoms with Gasteiger partial charge in [0.25, 0.3) is 0 Å². The molecule has 1 fully saturated rings. The van der Waals surface area contributed by atoms with Crippen molar-refractivity contribution in [1.82, 2.24) is 25.1 Å². The molecule has 0 saturated heterocycles. The van der Waals surface area contributed by atoms with Crippen LogP contribution in [-0.4, -0.2) is 31.7 Å². The first-order valence-electron chi connectivity index (χ1n) is 11.3. The molecule has 0 aromatic carbocycles. The predicted molar refractivity (Wildman–Crippen MR) is 125 cm³/mol. The molecule has 8 nitrogen and oxygen atoms in total. The fourth-order valence-electron chi connectivity index (χ4n) is 4.06. The van der Waals surface area contributed by atoms with E-state index < -0.39 is 0 Å². The molecule has 0 aliphatic heterocycles. The Morgan fingerprint density at radius 1 is 0.970 bits per heavy atom. The second kappa shape index (κ2) is 9.77. The minimum Gasteiger partial charge on any atom is -0.492 e. The molecule has 8 heteroatoms. The molecular formula is C25H26N6O2. The van der Waals surface area contributed by atoms with Gasteiger partial charge in [-0.3, -0.25) is 4.98 Å². The highest BCUT2D eigenvalue weighted by atomic mass is 16.5. The summed E-state index contributed by atoms with van der Waals surface area (Å²) in [5, 5.41) is 7.41. The average Bonchev–Trinajstić information content (AvgIpc) is 3.52. The highest BCUT2D eigenvalue weighted by Gasteiger charge is 2.18. The average molecular weight is 443 g/mol. The van der Waals surface area contributed by atoms with Gasteiger partial charge in [0.2, 0.25) is 5.95 Å². The van der Waals surface area contributed by atoms with E-state index in [9.17, 15) is 0 Å². The van der Waals surface area contributed by atoms with Crippen LogP contribution < -0.4 is 10.1 Å². The molecule has 1 saturated carbocycles. The molecule has 4 aromatic rings. The number of hydrogen-bond donors (Lipinski definition) is 1. The van der Waals surface area contributed by atoms with Crippen LogP contribution in [0.5, 0.6) is 5.75 Å². The number of rotatable bonds is 8. The van der Waals surface area contributed by atoms with Crippen molar-refractivity contribution < 1.29 is 9.26 Å². The van der Waals surface area contributed by atoms with Crippen molar-refractivity contribution in [3.8, 4) is 28.6 Å². The van der Waals surface area contributed by atoms with Crippen LogP contribution in [0.4, 0.5) is 5.95 Å². The van der Waals surface area contributed by atoms with Gasteiger partial charge in [0.1, 0.15) is 11.4 Å². The number of ether oxygens (including phenoxy) is 1. The summed E-state index contributed by atoms with van der Waals surface area (Å²) in [5.74, 6) is 2.58. The lowest BCUT2D eigenvalue weighted by atomic mass is 10.1. The maximum absolute atomic E-state index is 5.93. The fraction of sp³-hybridized carbons (Fsp3) is 0.320. The highest BCUT2D eigenvalue weighted by molar-refractivity contribution is 5.59. The molecular weight excluding hydrogens is 416 g/mol. The number of aromatic nitrogens is 5. The summed E-state index contributed by atoms with van der Waals surface area (Å²) in [6.07, 6.45) is 10.3. The van der Waals surface area contributed by atoms with Gasteiger partial charge in [-0.1, -0.05) is 24.1 Å². The van der Waals surface area contributed by atoms with Gasteiger partial charge in [-0.05, 0) is 56.0 Å². The minimum atomic E-state index is 0.456. The topological polar surface area (TPSA) is 98.9 Å². The summed E-state index contributed by atoms with van der Waals surface area (Å²) in [6.45, 7) is 3.13. The summed E-state index contributed by atoms with van der Waals surface area (Å²) in [4.78, 5) is 17.8. The van der Waals surface area contributed by atoms with Crippen molar-refractivity contribution in [2.45, 2.75) is 39.2 Å². The molecule has 0 amide bonds. The standard InChI is InChI=1S/C25H26N6O2/c1-17-20(15-29-25-27-13-11-22(30-25)21-8-4-5-12-26-21)24(33-31-17)23-10-9-19(14-28-23)32-16-18-6-2-3-7-18/h4-5,8-14,18H,2-3,6-7,15-16H2,1H3,(H,27,29,30). The van der Waals surface area contributed by atoms with Crippen LogP contribution in [0.1, 0.15) is 36.9 Å². The number of nitrogens with one attached hydrogen (secondary N) is 1. The third kappa shape index (κ3) is 5.00. The lowest BCUT2D eigenvalue weighted by Crippen LogP contribution is -2.08. The number of nitrogens with zero attached hydrogens (tertiary/aromatic N) is 5. The van der Waals surface area contributed by atoms with E-state index >= 15 is 0 Å². The van der Waals surface area contributed by atoms with Gasteiger partial charge in [0.15, 0.2) is 5.76 Å². The highest BCUT2D eigenvalue weighted by Crippen LogP contribution is 2.28. The van der Waals surface area contributed by atoms with E-state index in [1.807, 2.05) is 43.3 Å². The second-order valence-corrected chi connectivity index (χ2v) is 8.25. The molecule has 4 aromatic heterocycles. The van der Waals surface area contributed by atoms with Crippen LogP contribution >= 0.6 is 0 Å². The van der Waals surface area contributed by atoms with Gasteiger partial charge in [0.05, 0.1) is 29.9 Å². The van der Waals surface area contributed by atoms with E-state index in [2.05, 4.69) is 30.4 Å². The minimum absolute atomic E-state index is 0.456. The molecule has 0 bridgehead atoms. The predicted octanol–water partition coefficient (Wildman–Crippen LogP) is 5.08. The summed E-state index contributed by atoms with van der Waals surface area (Å²) in [6, 6.07) is 11.4. The Hall–Kier alpha value is -3.81. The first-order valence-corrected chi connectivity index (χ1v) is 11.3. The van der Waals surface area contributed by atoms with E-state index in [1.54, 1.807) is 18.6 Å². The summed E-state index contributed by atoms with van der Waals surface area (Å²) < 4.78 is 11.5. The Bertz CT molecular complexity index is 1190. The van der Waals surface area contributed by atoms with Crippen molar-refractivity contribution in [3.05, 3.63) is 66.2 Å². The Labute approximate surface area is 192 Å². The molecule has 5 rings (SSSR count). The van der Waals surface area contributed by atoms with Gasteiger partial charge in [-0.2, -0.15) is 0 Å². The van der Waals surface area contributed by atoms with Crippen molar-refractivity contribution in [2.24, 2.45) is 5.92 Å². The third-order valence-electron chi connectivity index (χ3n) is 5.92. The number of hydrogen-bond acceptors (Lipinski definition) is 8. The van der Waals surface area contributed by atoms with Crippen LogP contribution in [0.25, 0.3) is 22.8 Å². The van der Waals surface area contributed by atoms with Gasteiger partial charge in [-0.15, -0.1) is 0 Å². The number of pyridine rings is 2. The molecule has 0 radical (unpaired) electrons. The quantitative estimate of drug-likeness (QED) is 0.403. The fourth-order valence-corrected chi connectivity index (χ4v) is 4.06. The van der Waals surface area contributed by atoms with Gasteiger partial charge < -0.3 is 14.6 Å². The lowest BCUT2D eigenvalue weighted by Gasteiger charge is -2.11. The molecule has 0 spiro atoms. The molecule has 168 valence electrons. The molecule has 1 aliphatic rings. The molecule has 4 heterocycles. The SMILES string of the molecule is Cc1noc(-c2ccc(OCC3CCCC3)cn2)c1CNc1nccc(-c2ccccn2)n1. The zero-order valence-corrected chi connectivity index (χ0v) is 18.6. The summed E-state index contributed by atoms with van der Waals surface area (Å²) in [5.41, 5.74) is 3.97. The Morgan fingerprint density at radius 2 is 1.88 bits per heavy atom. The van der Waals surface area contributed by atoms with Crippen molar-refractivity contribution in [3.63, 3.8) is 0 Å². The van der Waals surface area contributed by atoms with E-state index in [0.717, 1.165) is 35.0 Å². The largest absolute Gasteiger partial charge is 0.492 e. The number of anilines is 1. The Kier molecular flexibility index (Phi) is 6.23. The van der Waals surface area contributed by atoms with Crippen LogP contribution in [0, 0.1) is 12.8 Å². The van der Waals surface area contributed by atoms with E-state index in [4.69, 9.17) is 9.26 Å². The van der Waals surface area contributed by atoms with E-state index in [1.165, 1.54) is 25.7 Å². The van der Waals surface area contributed by atoms with Crippen molar-refractivity contribution >= 4 is 5.95 Å². The first kappa shape index (κ1) is 21.1. The normalized spacial score (nSPS) is 13.8. The molecule has 0 unspecified atom stereocenters. The third-order valence-corrected chi connectivity index (χ3v) is 5.92. The van der Waals surface area contributed by atoms with E-state index in [0.29, 0.717) is 29.9 Å². The van der Waals surface area contributed by atoms with Crippen LogP contribution in [0.15, 0.2) is 59.5 Å². The smallest absolute Gasteiger partial charge is 0.223 e. The second-order valence-electron chi connectivity index (χ2n) is 8.25. The molecule has 0 atom stereocenters. The zero-order valence-electron chi connectivity index (χ0n) is 18.6. The Morgan fingerprint density at radius 3 is 2.67 bits per heavy atom. The molecule has 1 N–H and O–H groups in total. The molecule has 33 heavy (non-hydrogen) atoms. The monoisotopic (exact) mass is 442 g/mol. The van der Waals surface area contributed by atoms with Gasteiger partial charge in [-0.25, -0.2) is 15.0 Å². The van der Waals surface area contributed by atoms with Crippen LogP contribution in [-0.2, 0) is 6.54 Å². The molecule has 1 aliphatic carbocycles. The van der Waals surface area contributed by atoms with Crippen molar-refractivity contribution in [1.29, 1.82) is 0 Å². The van der Waals surface area contributed by atoms with E-state index in [-0.39, 0.29) is 0 Å². The summed E-state index contributed by atoms with van der Waals surface area (Å²) >= 11 is 0. The number of aryl methyl sites for hydroxylation is 1. The lowest BCUT2D eigenvalue weighted by molar-refractivity contribution is 0.251. The first-order chi connectivity index (χ1) is 16.3. The van der Waals surface area contributed by atoms with Crippen molar-refractivity contribution in [2.75, 3.05) is 11.9 Å². The van der Waals surface area contributed by atoms with Crippen LogP contribution in [0.2, 0.25) is 0 Å². The maximum atomic E-state index is 5.93. The van der Waals surface area contributed by atoms with Gasteiger partial charge in [0, 0.05) is 24.5 Å². The zero-order chi connectivity index (χ0) is 22.5. The van der Waals surface area contributed by atoms with Gasteiger partial charge >= 0.3 is 0 Å².